The van der Waals surface area contributed by atoms with Gasteiger partial charge in [-0.05, 0) is 48.6 Å². The SMILES string of the molecule is O=C(NCc1cccs1)[C@H]1C[C@]12CCN(C(=O)c1ccc(Cl)cc1)C2. The van der Waals surface area contributed by atoms with Crippen molar-refractivity contribution in [3.63, 3.8) is 0 Å². The molecule has 1 aromatic heterocycles. The molecular weight excluding hydrogens is 356 g/mol. The van der Waals surface area contributed by atoms with Gasteiger partial charge in [0.2, 0.25) is 5.91 Å². The lowest BCUT2D eigenvalue weighted by molar-refractivity contribution is -0.123. The maximum Gasteiger partial charge on any atom is 0.253 e. The van der Waals surface area contributed by atoms with Gasteiger partial charge in [0.25, 0.3) is 5.91 Å². The highest BCUT2D eigenvalue weighted by Crippen LogP contribution is 2.58. The second-order valence-electron chi connectivity index (χ2n) is 6.90. The number of benzene rings is 1. The summed E-state index contributed by atoms with van der Waals surface area (Å²) in [6.07, 6.45) is 1.79. The molecule has 1 aliphatic heterocycles. The van der Waals surface area contributed by atoms with Crippen molar-refractivity contribution in [1.29, 1.82) is 0 Å². The minimum Gasteiger partial charge on any atom is -0.351 e. The standard InChI is InChI=1S/C19H19ClN2O2S/c20-14-5-3-13(4-6-14)18(24)22-8-7-19(12-22)10-16(19)17(23)21-11-15-2-1-9-25-15/h1-6,9,16H,7-8,10-12H2,(H,21,23)/t16-,19+/m1/s1. The van der Waals surface area contributed by atoms with Crippen LogP contribution in [0.2, 0.25) is 5.02 Å². The van der Waals surface area contributed by atoms with Crippen molar-refractivity contribution in [3.05, 3.63) is 57.2 Å². The monoisotopic (exact) mass is 374 g/mol. The number of hydrogen-bond acceptors (Lipinski definition) is 3. The molecule has 1 aromatic carbocycles. The second kappa shape index (κ2) is 6.46. The molecule has 0 radical (unpaired) electrons. The molecule has 130 valence electrons. The predicted molar refractivity (Wildman–Crippen MR) is 98.7 cm³/mol. The van der Waals surface area contributed by atoms with Gasteiger partial charge in [0.05, 0.1) is 6.54 Å². The highest BCUT2D eigenvalue weighted by Gasteiger charge is 2.61. The van der Waals surface area contributed by atoms with Crippen molar-refractivity contribution >= 4 is 34.8 Å². The normalized spacial score (nSPS) is 24.5. The minimum absolute atomic E-state index is 0.0123. The summed E-state index contributed by atoms with van der Waals surface area (Å²) < 4.78 is 0. The number of nitrogens with one attached hydrogen (secondary N) is 1. The van der Waals surface area contributed by atoms with Crippen molar-refractivity contribution in [1.82, 2.24) is 10.2 Å². The molecule has 1 saturated heterocycles. The quantitative estimate of drug-likeness (QED) is 0.889. The third-order valence-corrected chi connectivity index (χ3v) is 6.42. The van der Waals surface area contributed by atoms with Crippen LogP contribution in [0.4, 0.5) is 0 Å². The van der Waals surface area contributed by atoms with E-state index in [9.17, 15) is 9.59 Å². The fourth-order valence-electron chi connectivity index (χ4n) is 3.72. The molecule has 0 unspecified atom stereocenters. The number of carbonyl (C=O) groups is 2. The molecule has 4 nitrogen and oxygen atoms in total. The van der Waals surface area contributed by atoms with Gasteiger partial charge in [-0.3, -0.25) is 9.59 Å². The minimum atomic E-state index is -0.0123. The van der Waals surface area contributed by atoms with Crippen LogP contribution < -0.4 is 5.32 Å². The van der Waals surface area contributed by atoms with E-state index in [0.29, 0.717) is 23.7 Å². The van der Waals surface area contributed by atoms with E-state index in [4.69, 9.17) is 11.6 Å². The summed E-state index contributed by atoms with van der Waals surface area (Å²) in [6, 6.07) is 11.0. The average molecular weight is 375 g/mol. The largest absolute Gasteiger partial charge is 0.351 e. The first-order chi connectivity index (χ1) is 12.1. The summed E-state index contributed by atoms with van der Waals surface area (Å²) in [7, 11) is 0. The van der Waals surface area contributed by atoms with Gasteiger partial charge in [-0.2, -0.15) is 0 Å². The lowest BCUT2D eigenvalue weighted by Gasteiger charge is -2.17. The lowest BCUT2D eigenvalue weighted by atomic mass is 10.0. The van der Waals surface area contributed by atoms with Crippen LogP contribution in [0.5, 0.6) is 0 Å². The maximum absolute atomic E-state index is 12.6. The topological polar surface area (TPSA) is 49.4 Å². The van der Waals surface area contributed by atoms with E-state index in [2.05, 4.69) is 5.32 Å². The Hall–Kier alpha value is -1.85. The molecule has 4 rings (SSSR count). The van der Waals surface area contributed by atoms with Crippen LogP contribution in [-0.4, -0.2) is 29.8 Å². The summed E-state index contributed by atoms with van der Waals surface area (Å²) in [5, 5.41) is 5.67. The first-order valence-electron chi connectivity index (χ1n) is 8.42. The van der Waals surface area contributed by atoms with Gasteiger partial charge in [0, 0.05) is 39.9 Å². The van der Waals surface area contributed by atoms with E-state index in [1.165, 1.54) is 0 Å². The van der Waals surface area contributed by atoms with Crippen LogP contribution in [0.3, 0.4) is 0 Å². The second-order valence-corrected chi connectivity index (χ2v) is 8.37. The molecule has 1 aliphatic carbocycles. The summed E-state index contributed by atoms with van der Waals surface area (Å²) in [6.45, 7) is 1.98. The zero-order valence-electron chi connectivity index (χ0n) is 13.7. The molecule has 6 heteroatoms. The molecular formula is C19H19ClN2O2S. The summed E-state index contributed by atoms with van der Waals surface area (Å²) in [4.78, 5) is 28.1. The Kier molecular flexibility index (Phi) is 4.29. The lowest BCUT2D eigenvalue weighted by Crippen LogP contribution is -2.31. The van der Waals surface area contributed by atoms with Crippen molar-refractivity contribution in [2.24, 2.45) is 11.3 Å². The van der Waals surface area contributed by atoms with Crippen LogP contribution in [-0.2, 0) is 11.3 Å². The fraction of sp³-hybridized carbons (Fsp3) is 0.368. The smallest absolute Gasteiger partial charge is 0.253 e. The van der Waals surface area contributed by atoms with Gasteiger partial charge >= 0.3 is 0 Å². The number of thiophene rings is 1. The Labute approximate surface area is 155 Å². The van der Waals surface area contributed by atoms with Crippen molar-refractivity contribution in [2.75, 3.05) is 13.1 Å². The van der Waals surface area contributed by atoms with Crippen LogP contribution in [0.1, 0.15) is 28.1 Å². The highest BCUT2D eigenvalue weighted by atomic mass is 35.5. The number of rotatable bonds is 4. The molecule has 1 saturated carbocycles. The Morgan fingerprint density at radius 2 is 2.08 bits per heavy atom. The Morgan fingerprint density at radius 3 is 2.80 bits per heavy atom. The Balaban J connectivity index is 1.34. The van der Waals surface area contributed by atoms with E-state index < -0.39 is 0 Å². The van der Waals surface area contributed by atoms with Gasteiger partial charge in [0.1, 0.15) is 0 Å². The van der Waals surface area contributed by atoms with E-state index in [1.54, 1.807) is 35.6 Å². The maximum atomic E-state index is 12.6. The van der Waals surface area contributed by atoms with Gasteiger partial charge < -0.3 is 10.2 Å². The van der Waals surface area contributed by atoms with Crippen molar-refractivity contribution in [2.45, 2.75) is 19.4 Å². The number of amides is 2. The molecule has 2 fully saturated rings. The zero-order valence-corrected chi connectivity index (χ0v) is 15.3. The van der Waals surface area contributed by atoms with E-state index in [-0.39, 0.29) is 23.1 Å². The molecule has 2 amide bonds. The van der Waals surface area contributed by atoms with Crippen LogP contribution >= 0.6 is 22.9 Å². The van der Waals surface area contributed by atoms with Gasteiger partial charge in [0.15, 0.2) is 0 Å². The van der Waals surface area contributed by atoms with Crippen molar-refractivity contribution < 1.29 is 9.59 Å². The third kappa shape index (κ3) is 3.31. The zero-order chi connectivity index (χ0) is 17.4. The van der Waals surface area contributed by atoms with E-state index in [0.717, 1.165) is 24.3 Å². The van der Waals surface area contributed by atoms with E-state index in [1.807, 2.05) is 22.4 Å². The molecule has 2 atom stereocenters. The molecule has 2 aromatic rings. The predicted octanol–water partition coefficient (Wildman–Crippen LogP) is 3.57. The summed E-state index contributed by atoms with van der Waals surface area (Å²) >= 11 is 7.53. The molecule has 25 heavy (non-hydrogen) atoms. The molecule has 1 spiro atoms. The molecule has 0 bridgehead atoms. The average Bonchev–Trinajstić information content (AvgIpc) is 2.96. The van der Waals surface area contributed by atoms with Crippen LogP contribution in [0.25, 0.3) is 0 Å². The molecule has 2 aliphatic rings. The molecule has 1 N–H and O–H groups in total. The first-order valence-corrected chi connectivity index (χ1v) is 9.68. The number of likely N-dealkylation sites (tertiary alicyclic amines) is 1. The summed E-state index contributed by atoms with van der Waals surface area (Å²) in [5.74, 6) is 0.183. The summed E-state index contributed by atoms with van der Waals surface area (Å²) in [5.41, 5.74) is 0.641. The number of hydrogen-bond donors (Lipinski definition) is 1. The molecule has 2 heterocycles. The fourth-order valence-corrected chi connectivity index (χ4v) is 4.49. The number of carbonyl (C=O) groups excluding carboxylic acids is 2. The van der Waals surface area contributed by atoms with E-state index >= 15 is 0 Å². The number of halogens is 1. The van der Waals surface area contributed by atoms with Crippen molar-refractivity contribution in [3.8, 4) is 0 Å². The third-order valence-electron chi connectivity index (χ3n) is 5.29. The Bertz CT molecular complexity index is 790. The highest BCUT2D eigenvalue weighted by molar-refractivity contribution is 7.09. The van der Waals surface area contributed by atoms with Crippen LogP contribution in [0, 0.1) is 11.3 Å². The first kappa shape index (κ1) is 16.6. The Morgan fingerprint density at radius 1 is 1.28 bits per heavy atom. The van der Waals surface area contributed by atoms with Gasteiger partial charge in [-0.15, -0.1) is 11.3 Å². The number of nitrogens with zero attached hydrogens (tertiary/aromatic N) is 1. The van der Waals surface area contributed by atoms with Gasteiger partial charge in [-0.1, -0.05) is 17.7 Å². The van der Waals surface area contributed by atoms with Crippen LogP contribution in [0.15, 0.2) is 41.8 Å². The van der Waals surface area contributed by atoms with Gasteiger partial charge in [-0.25, -0.2) is 0 Å².